The largest absolute Gasteiger partial charge is 0.396 e. The third kappa shape index (κ3) is 7.10. The highest BCUT2D eigenvalue weighted by Crippen LogP contribution is 2.76. The molecule has 0 aromatic heterocycles. The standard InChI is InChI=1S/C42H72O13/c1-22(2)9-8-15-41(7,55-37-35(51)33(49)31(47)26(20-44)53-37)24-12-16-39(5)23(24)10-11-28-40(39,6)17-13-27-38(3,4)29(14-18-42(27,28)21-45)54-36-34(50)32(48)30(46)25(19-43)52-36/h9,23-37,43-51H,8,10-21H2,1-7H3/t23-,24+,25-,26-,27-,28-,29+,30-,31-,32+,33+,34-,35-,36+,37+,39+,40+,41-,42-/m0/s1. The second-order valence-corrected chi connectivity index (χ2v) is 19.8. The van der Waals surface area contributed by atoms with E-state index in [-0.39, 0.29) is 52.6 Å². The molecule has 19 atom stereocenters. The molecule has 6 aliphatic rings. The average Bonchev–Trinajstić information content (AvgIpc) is 3.51. The van der Waals surface area contributed by atoms with E-state index in [0.29, 0.717) is 12.8 Å². The molecular weight excluding hydrogens is 712 g/mol. The van der Waals surface area contributed by atoms with Crippen LogP contribution in [0.5, 0.6) is 0 Å². The first-order valence-corrected chi connectivity index (χ1v) is 20.9. The summed E-state index contributed by atoms with van der Waals surface area (Å²) in [5.41, 5.74) is -0.537. The van der Waals surface area contributed by atoms with E-state index in [0.717, 1.165) is 51.4 Å². The highest BCUT2D eigenvalue weighted by Gasteiger charge is 2.71. The van der Waals surface area contributed by atoms with Crippen molar-refractivity contribution in [3.05, 3.63) is 11.6 Å². The van der Waals surface area contributed by atoms with Gasteiger partial charge in [-0.3, -0.25) is 0 Å². The van der Waals surface area contributed by atoms with Gasteiger partial charge < -0.3 is 64.9 Å². The zero-order chi connectivity index (χ0) is 40.5. The Hall–Kier alpha value is -0.780. The van der Waals surface area contributed by atoms with Gasteiger partial charge in [0.2, 0.25) is 0 Å². The number of fused-ring (bicyclic) bond motifs is 5. The highest BCUT2D eigenvalue weighted by molar-refractivity contribution is 5.19. The second-order valence-electron chi connectivity index (χ2n) is 19.8. The van der Waals surface area contributed by atoms with Crippen LogP contribution in [0, 0.1) is 45.3 Å². The van der Waals surface area contributed by atoms with E-state index in [1.165, 1.54) is 5.57 Å². The Balaban J connectivity index is 1.25. The lowest BCUT2D eigenvalue weighted by molar-refractivity contribution is -0.336. The first-order chi connectivity index (χ1) is 25.8. The number of hydrogen-bond acceptors (Lipinski definition) is 13. The molecule has 0 radical (unpaired) electrons. The summed E-state index contributed by atoms with van der Waals surface area (Å²) in [6, 6.07) is 0. The van der Waals surface area contributed by atoms with Gasteiger partial charge in [-0.25, -0.2) is 0 Å². The molecule has 0 aromatic rings. The number of allylic oxidation sites excluding steroid dienone is 2. The fourth-order valence-corrected chi connectivity index (χ4v) is 13.4. The summed E-state index contributed by atoms with van der Waals surface area (Å²) in [4.78, 5) is 0. The zero-order valence-electron chi connectivity index (χ0n) is 34.1. The zero-order valence-corrected chi connectivity index (χ0v) is 34.1. The molecule has 6 fully saturated rings. The van der Waals surface area contributed by atoms with Crippen LogP contribution in [0.3, 0.4) is 0 Å². The Morgan fingerprint density at radius 2 is 1.27 bits per heavy atom. The summed E-state index contributed by atoms with van der Waals surface area (Å²) in [5, 5.41) is 95.0. The van der Waals surface area contributed by atoms with Gasteiger partial charge in [0.25, 0.3) is 0 Å². The van der Waals surface area contributed by atoms with Crippen molar-refractivity contribution in [2.45, 2.75) is 186 Å². The Labute approximate surface area is 327 Å². The van der Waals surface area contributed by atoms with Gasteiger partial charge in [-0.05, 0) is 125 Å². The van der Waals surface area contributed by atoms with Crippen LogP contribution < -0.4 is 0 Å². The molecule has 4 aliphatic carbocycles. The van der Waals surface area contributed by atoms with Crippen molar-refractivity contribution in [2.75, 3.05) is 19.8 Å². The van der Waals surface area contributed by atoms with Gasteiger partial charge in [-0.15, -0.1) is 0 Å². The quantitative estimate of drug-likeness (QED) is 0.109. The summed E-state index contributed by atoms with van der Waals surface area (Å²) < 4.78 is 25.0. The molecule has 0 aromatic carbocycles. The van der Waals surface area contributed by atoms with Crippen molar-refractivity contribution < 1.29 is 64.9 Å². The lowest BCUT2D eigenvalue weighted by Gasteiger charge is -2.70. The number of aliphatic hydroxyl groups excluding tert-OH is 9. The summed E-state index contributed by atoms with van der Waals surface area (Å²) in [5.74, 6) is 0.726. The first-order valence-electron chi connectivity index (χ1n) is 20.9. The van der Waals surface area contributed by atoms with Gasteiger partial charge in [0, 0.05) is 12.0 Å². The maximum Gasteiger partial charge on any atom is 0.187 e. The minimum absolute atomic E-state index is 0.0545. The summed E-state index contributed by atoms with van der Waals surface area (Å²) >= 11 is 0. The van der Waals surface area contributed by atoms with E-state index in [9.17, 15) is 46.0 Å². The second kappa shape index (κ2) is 16.0. The number of hydrogen-bond donors (Lipinski definition) is 9. The molecule has 0 amide bonds. The van der Waals surface area contributed by atoms with Gasteiger partial charge in [-0.1, -0.05) is 39.3 Å². The van der Waals surface area contributed by atoms with Gasteiger partial charge in [0.15, 0.2) is 12.6 Å². The third-order valence-corrected chi connectivity index (χ3v) is 16.7. The minimum Gasteiger partial charge on any atom is -0.396 e. The predicted octanol–water partition coefficient (Wildman–Crippen LogP) is 2.15. The van der Waals surface area contributed by atoms with Crippen molar-refractivity contribution in [1.82, 2.24) is 0 Å². The monoisotopic (exact) mass is 784 g/mol. The normalized spacial score (nSPS) is 50.7. The molecule has 0 spiro atoms. The van der Waals surface area contributed by atoms with Crippen LogP contribution in [-0.2, 0) is 18.9 Å². The van der Waals surface area contributed by atoms with Crippen LogP contribution in [0.25, 0.3) is 0 Å². The lowest BCUT2D eigenvalue weighted by atomic mass is 9.35. The Morgan fingerprint density at radius 3 is 1.85 bits per heavy atom. The topological polar surface area (TPSA) is 219 Å². The lowest BCUT2D eigenvalue weighted by Crippen LogP contribution is -2.67. The number of rotatable bonds is 11. The molecule has 2 saturated heterocycles. The summed E-state index contributed by atoms with van der Waals surface area (Å²) in [6.45, 7) is 14.5. The van der Waals surface area contributed by atoms with Crippen LogP contribution in [-0.4, -0.2) is 139 Å². The Bertz CT molecular complexity index is 1350. The van der Waals surface area contributed by atoms with Crippen LogP contribution in [0.15, 0.2) is 11.6 Å². The molecule has 2 aliphatic heterocycles. The fraction of sp³-hybridized carbons (Fsp3) is 0.952. The maximum atomic E-state index is 11.6. The maximum absolute atomic E-state index is 11.6. The van der Waals surface area contributed by atoms with Gasteiger partial charge in [-0.2, -0.15) is 0 Å². The third-order valence-electron chi connectivity index (χ3n) is 16.7. The van der Waals surface area contributed by atoms with Crippen molar-refractivity contribution in [3.8, 4) is 0 Å². The van der Waals surface area contributed by atoms with E-state index < -0.39 is 85.6 Å². The van der Waals surface area contributed by atoms with Crippen LogP contribution >= 0.6 is 0 Å². The molecule has 6 rings (SSSR count). The van der Waals surface area contributed by atoms with Crippen molar-refractivity contribution >= 4 is 0 Å². The number of ether oxygens (including phenoxy) is 4. The van der Waals surface area contributed by atoms with E-state index in [2.05, 4.69) is 54.5 Å². The molecule has 13 nitrogen and oxygen atoms in total. The Kier molecular flexibility index (Phi) is 12.7. The van der Waals surface area contributed by atoms with E-state index in [1.54, 1.807) is 0 Å². The summed E-state index contributed by atoms with van der Waals surface area (Å²) in [6.07, 6.45) is -3.27. The molecule has 318 valence electrons. The molecule has 13 heteroatoms. The van der Waals surface area contributed by atoms with Crippen LogP contribution in [0.4, 0.5) is 0 Å². The molecule has 9 N–H and O–H groups in total. The number of aliphatic hydroxyl groups is 9. The first kappa shape index (κ1) is 43.8. The van der Waals surface area contributed by atoms with E-state index in [4.69, 9.17) is 18.9 Å². The van der Waals surface area contributed by atoms with Gasteiger partial charge >= 0.3 is 0 Å². The van der Waals surface area contributed by atoms with Crippen LogP contribution in [0.2, 0.25) is 0 Å². The smallest absolute Gasteiger partial charge is 0.187 e. The summed E-state index contributed by atoms with van der Waals surface area (Å²) in [7, 11) is 0. The van der Waals surface area contributed by atoms with Gasteiger partial charge in [0.1, 0.15) is 48.8 Å². The molecule has 2 heterocycles. The van der Waals surface area contributed by atoms with Crippen molar-refractivity contribution in [2.24, 2.45) is 45.3 Å². The van der Waals surface area contributed by atoms with Gasteiger partial charge in [0.05, 0.1) is 24.9 Å². The van der Waals surface area contributed by atoms with Crippen molar-refractivity contribution in [3.63, 3.8) is 0 Å². The molecule has 55 heavy (non-hydrogen) atoms. The fourth-order valence-electron chi connectivity index (χ4n) is 13.4. The highest BCUT2D eigenvalue weighted by atomic mass is 16.7. The van der Waals surface area contributed by atoms with Crippen molar-refractivity contribution in [1.29, 1.82) is 0 Å². The Morgan fingerprint density at radius 1 is 0.691 bits per heavy atom. The van der Waals surface area contributed by atoms with Crippen LogP contribution in [0.1, 0.15) is 113 Å². The van der Waals surface area contributed by atoms with E-state index >= 15 is 0 Å². The average molecular weight is 785 g/mol. The molecule has 0 unspecified atom stereocenters. The minimum atomic E-state index is -1.52. The SMILES string of the molecule is CC(C)=CCC[C@](C)(O[C@H]1O[C@@H](CO)[C@H](O)[C@@H](O)[C@@H]1O)[C@@H]1CC[C@]2(C)[C@H]1CC[C@@H]1[C@]3(CO)CC[C@@H](O[C@H]4O[C@@H](CO)[C@H](O)[C@@H](O)[C@@H]4O)C(C)(C)[C@@H]3CC[C@]12C. The molecular formula is C42H72O13. The predicted molar refractivity (Wildman–Crippen MR) is 201 cm³/mol. The van der Waals surface area contributed by atoms with E-state index in [1.807, 2.05) is 0 Å². The molecule has 0 bridgehead atoms. The molecule has 4 saturated carbocycles.